The highest BCUT2D eigenvalue weighted by atomic mass is 16.6. The molecule has 1 saturated heterocycles. The second-order valence-electron chi connectivity index (χ2n) is 6.48. The number of rotatable bonds is 8. The van der Waals surface area contributed by atoms with Gasteiger partial charge in [0.05, 0.1) is 12.8 Å². The van der Waals surface area contributed by atoms with Gasteiger partial charge in [0.25, 0.3) is 5.91 Å². The number of nitrogens with zero attached hydrogens (tertiary/aromatic N) is 1. The number of esters is 2. The van der Waals surface area contributed by atoms with Gasteiger partial charge in [-0.2, -0.15) is 4.57 Å². The van der Waals surface area contributed by atoms with Crippen LogP contribution in [0.2, 0.25) is 0 Å². The summed E-state index contributed by atoms with van der Waals surface area (Å²) in [4.78, 5) is 45.1. The van der Waals surface area contributed by atoms with E-state index in [1.807, 2.05) is 0 Å². The molecule has 0 spiro atoms. The Balaban J connectivity index is 2.13. The number of hydrogen-bond acceptors (Lipinski definition) is 7. The molecule has 0 unspecified atom stereocenters. The normalized spacial score (nSPS) is 23.8. The summed E-state index contributed by atoms with van der Waals surface area (Å²) in [7, 11) is 0. The van der Waals surface area contributed by atoms with Gasteiger partial charge in [-0.25, -0.2) is 0 Å². The molecule has 10 nitrogen and oxygen atoms in total. The zero-order valence-electron chi connectivity index (χ0n) is 15.6. The molecule has 0 radical (unpaired) electrons. The lowest BCUT2D eigenvalue weighted by molar-refractivity contribution is -0.765. The number of primary amides is 1. The van der Waals surface area contributed by atoms with E-state index in [0.717, 1.165) is 0 Å². The van der Waals surface area contributed by atoms with Crippen LogP contribution in [0.4, 0.5) is 0 Å². The first-order chi connectivity index (χ1) is 13.2. The maximum absolute atomic E-state index is 11.7. The number of aromatic nitrogens is 1. The van der Waals surface area contributed by atoms with Crippen molar-refractivity contribution in [2.75, 3.05) is 6.61 Å². The van der Waals surface area contributed by atoms with Crippen molar-refractivity contribution in [1.29, 1.82) is 0 Å². The van der Waals surface area contributed by atoms with Crippen LogP contribution >= 0.6 is 0 Å². The lowest BCUT2D eigenvalue weighted by Crippen LogP contribution is -2.46. The Labute approximate surface area is 161 Å². The van der Waals surface area contributed by atoms with E-state index >= 15 is 0 Å². The first-order valence-electron chi connectivity index (χ1n) is 8.69. The number of carbonyl (C=O) groups is 4. The number of carboxylic acids is 1. The van der Waals surface area contributed by atoms with Crippen molar-refractivity contribution in [1.82, 2.24) is 0 Å². The Morgan fingerprint density at radius 2 is 2.00 bits per heavy atom. The van der Waals surface area contributed by atoms with E-state index in [0.29, 0.717) is 0 Å². The molecule has 0 saturated carbocycles. The van der Waals surface area contributed by atoms with Gasteiger partial charge in [-0.1, -0.05) is 6.92 Å². The summed E-state index contributed by atoms with van der Waals surface area (Å²) < 4.78 is 18.0. The molecule has 2 heterocycles. The molecule has 2 rings (SSSR count). The number of aliphatic carboxylic acids is 1. The van der Waals surface area contributed by atoms with E-state index in [2.05, 4.69) is 0 Å². The fourth-order valence-corrected chi connectivity index (χ4v) is 2.89. The van der Waals surface area contributed by atoms with E-state index in [9.17, 15) is 19.2 Å². The van der Waals surface area contributed by atoms with Crippen LogP contribution in [0.3, 0.4) is 0 Å². The van der Waals surface area contributed by atoms with Crippen LogP contribution in [-0.2, 0) is 28.6 Å². The fraction of sp³-hybridized carbons (Fsp3) is 0.500. The second-order valence-corrected chi connectivity index (χ2v) is 6.48. The molecule has 3 N–H and O–H groups in total. The molecule has 1 fully saturated rings. The minimum absolute atomic E-state index is 0.121. The molecule has 1 aromatic heterocycles. The summed E-state index contributed by atoms with van der Waals surface area (Å²) in [5.74, 6) is -3.20. The van der Waals surface area contributed by atoms with Crippen molar-refractivity contribution in [3.63, 3.8) is 0 Å². The summed E-state index contributed by atoms with van der Waals surface area (Å²) in [5, 5.41) is 8.61. The average Bonchev–Trinajstić information content (AvgIpc) is 2.93. The molecule has 4 atom stereocenters. The monoisotopic (exact) mass is 395 g/mol. The number of carboxylic acid groups (broad SMARTS) is 1. The van der Waals surface area contributed by atoms with Gasteiger partial charge in [0.2, 0.25) is 0 Å². The highest BCUT2D eigenvalue weighted by Crippen LogP contribution is 2.33. The Morgan fingerprint density at radius 3 is 2.61 bits per heavy atom. The topological polar surface area (TPSA) is 146 Å². The first kappa shape index (κ1) is 21.3. The van der Waals surface area contributed by atoms with Gasteiger partial charge < -0.3 is 25.1 Å². The highest BCUT2D eigenvalue weighted by molar-refractivity contribution is 5.92. The van der Waals surface area contributed by atoms with Crippen LogP contribution in [0.1, 0.15) is 43.3 Å². The Hall–Kier alpha value is -3.01. The van der Waals surface area contributed by atoms with Gasteiger partial charge in [-0.3, -0.25) is 19.2 Å². The van der Waals surface area contributed by atoms with Crippen LogP contribution in [0.15, 0.2) is 24.5 Å². The van der Waals surface area contributed by atoms with Crippen molar-refractivity contribution in [2.24, 2.45) is 11.7 Å². The summed E-state index contributed by atoms with van der Waals surface area (Å²) in [6.45, 7) is 2.93. The second kappa shape index (κ2) is 9.27. The van der Waals surface area contributed by atoms with Crippen molar-refractivity contribution in [3.8, 4) is 0 Å². The maximum Gasteiger partial charge on any atom is 0.306 e. The van der Waals surface area contributed by atoms with E-state index in [-0.39, 0.29) is 30.9 Å². The van der Waals surface area contributed by atoms with E-state index < -0.39 is 42.3 Å². The van der Waals surface area contributed by atoms with E-state index in [1.54, 1.807) is 29.8 Å². The molecular weight excluding hydrogens is 372 g/mol. The van der Waals surface area contributed by atoms with Gasteiger partial charge in [0, 0.05) is 18.9 Å². The standard InChI is InChI=1S/C18H22N2O8/c1-10-13(9-26-15(24)6-5-14(22)23)28-18(16(10)27-11(2)21)20-7-3-4-12(8-20)17(19)25/h3-4,7-8,10,13,16,18H,5-6,9H2,1-2H3,(H2-,19,22,23,25)/p+1/t10-,13-,16-,18-/m1/s1. The van der Waals surface area contributed by atoms with Gasteiger partial charge >= 0.3 is 24.1 Å². The molecule has 10 heteroatoms. The van der Waals surface area contributed by atoms with Gasteiger partial charge in [0.1, 0.15) is 18.3 Å². The molecule has 1 aliphatic heterocycles. The number of amides is 1. The molecular formula is C18H23N2O8+. The van der Waals surface area contributed by atoms with Crippen LogP contribution in [0.5, 0.6) is 0 Å². The number of hydrogen-bond donors (Lipinski definition) is 2. The summed E-state index contributed by atoms with van der Waals surface area (Å²) in [6, 6.07) is 3.15. The molecule has 0 aromatic carbocycles. The zero-order valence-corrected chi connectivity index (χ0v) is 15.6. The minimum atomic E-state index is -1.09. The number of nitrogens with two attached hydrogens (primary N) is 1. The quantitative estimate of drug-likeness (QED) is 0.460. The molecule has 0 bridgehead atoms. The number of carbonyl (C=O) groups excluding carboxylic acids is 3. The smallest absolute Gasteiger partial charge is 0.306 e. The lowest BCUT2D eigenvalue weighted by atomic mass is 10.0. The Morgan fingerprint density at radius 1 is 1.29 bits per heavy atom. The fourth-order valence-electron chi connectivity index (χ4n) is 2.89. The third-order valence-corrected chi connectivity index (χ3v) is 4.35. The molecule has 152 valence electrons. The van der Waals surface area contributed by atoms with Crippen molar-refractivity contribution >= 4 is 23.8 Å². The van der Waals surface area contributed by atoms with E-state index in [4.69, 9.17) is 25.1 Å². The molecule has 28 heavy (non-hydrogen) atoms. The van der Waals surface area contributed by atoms with Crippen LogP contribution in [0.25, 0.3) is 0 Å². The van der Waals surface area contributed by atoms with Gasteiger partial charge in [-0.05, 0) is 6.07 Å². The average molecular weight is 395 g/mol. The third kappa shape index (κ3) is 5.49. The van der Waals surface area contributed by atoms with Gasteiger partial charge in [-0.15, -0.1) is 0 Å². The summed E-state index contributed by atoms with van der Waals surface area (Å²) >= 11 is 0. The van der Waals surface area contributed by atoms with Crippen LogP contribution in [0, 0.1) is 5.92 Å². The molecule has 1 amide bonds. The predicted octanol–water partition coefficient (Wildman–Crippen LogP) is -0.0538. The van der Waals surface area contributed by atoms with Crippen molar-refractivity contribution in [2.45, 2.75) is 45.1 Å². The summed E-state index contributed by atoms with van der Waals surface area (Å²) in [5.41, 5.74) is 5.56. The molecule has 1 aromatic rings. The first-order valence-corrected chi connectivity index (χ1v) is 8.69. The number of pyridine rings is 1. The Kier molecular flexibility index (Phi) is 7.05. The molecule has 1 aliphatic rings. The maximum atomic E-state index is 11.7. The Bertz CT molecular complexity index is 766. The minimum Gasteiger partial charge on any atom is -0.481 e. The van der Waals surface area contributed by atoms with Crippen molar-refractivity contribution in [3.05, 3.63) is 30.1 Å². The van der Waals surface area contributed by atoms with Gasteiger partial charge in [0.15, 0.2) is 18.5 Å². The lowest BCUT2D eigenvalue weighted by Gasteiger charge is -2.17. The third-order valence-electron chi connectivity index (χ3n) is 4.35. The van der Waals surface area contributed by atoms with Crippen LogP contribution < -0.4 is 10.3 Å². The zero-order chi connectivity index (χ0) is 20.8. The SMILES string of the molecule is CC(=O)O[C@@H]1[C@H](C)[C@@H](COC(=O)CCC(=O)O)O[C@H]1[n+]1cccc(C(N)=O)c1. The highest BCUT2D eigenvalue weighted by Gasteiger charge is 2.50. The molecule has 0 aliphatic carbocycles. The largest absolute Gasteiger partial charge is 0.481 e. The van der Waals surface area contributed by atoms with E-state index in [1.165, 1.54) is 13.1 Å². The number of ether oxygens (including phenoxy) is 3. The van der Waals surface area contributed by atoms with Crippen LogP contribution in [-0.4, -0.2) is 47.7 Å². The predicted molar refractivity (Wildman–Crippen MR) is 91.6 cm³/mol. The van der Waals surface area contributed by atoms with Crippen molar-refractivity contribution < 1.29 is 43.1 Å². The summed E-state index contributed by atoms with van der Waals surface area (Å²) in [6.07, 6.45) is 0.526.